The van der Waals surface area contributed by atoms with Gasteiger partial charge in [-0.1, -0.05) is 77.8 Å². The lowest BCUT2D eigenvalue weighted by Crippen LogP contribution is -2.19. The minimum Gasteiger partial charge on any atom is -0.414 e. The van der Waals surface area contributed by atoms with Crippen LogP contribution >= 0.6 is 30.8 Å². The van der Waals surface area contributed by atoms with E-state index in [1.165, 1.54) is 6.07 Å². The van der Waals surface area contributed by atoms with E-state index < -0.39 is 19.2 Å². The van der Waals surface area contributed by atoms with Gasteiger partial charge in [0.25, 0.3) is 0 Å². The molecular formula is C25H19Cl2FNO3P. The minimum absolute atomic E-state index is 0.0107. The molecule has 0 aliphatic rings. The zero-order valence-electron chi connectivity index (χ0n) is 17.2. The normalized spacial score (nSPS) is 12.1. The van der Waals surface area contributed by atoms with Gasteiger partial charge in [0, 0.05) is 11.3 Å². The predicted octanol–water partition coefficient (Wildman–Crippen LogP) is 8.59. The average Bonchev–Trinajstić information content (AvgIpc) is 2.82. The Morgan fingerprint density at radius 3 is 1.70 bits per heavy atom. The van der Waals surface area contributed by atoms with Crippen LogP contribution in [0.25, 0.3) is 0 Å². The van der Waals surface area contributed by atoms with Crippen LogP contribution in [0.3, 0.4) is 0 Å². The van der Waals surface area contributed by atoms with E-state index >= 15 is 4.39 Å². The van der Waals surface area contributed by atoms with E-state index in [1.54, 1.807) is 84.9 Å². The average molecular weight is 502 g/mol. The van der Waals surface area contributed by atoms with Gasteiger partial charge in [-0.2, -0.15) is 0 Å². The summed E-state index contributed by atoms with van der Waals surface area (Å²) in [5.74, 6) is -1.35. The highest BCUT2D eigenvalue weighted by Gasteiger charge is 2.42. The van der Waals surface area contributed by atoms with Crippen molar-refractivity contribution < 1.29 is 18.0 Å². The van der Waals surface area contributed by atoms with Crippen molar-refractivity contribution in [2.75, 3.05) is 5.32 Å². The first-order chi connectivity index (χ1) is 15.9. The molecular weight excluding hydrogens is 483 g/mol. The van der Waals surface area contributed by atoms with Gasteiger partial charge in [-0.05, 0) is 48.5 Å². The van der Waals surface area contributed by atoms with E-state index in [9.17, 15) is 4.57 Å². The van der Waals surface area contributed by atoms with Crippen LogP contribution in [-0.2, 0) is 4.57 Å². The molecule has 1 unspecified atom stereocenters. The molecule has 0 radical (unpaired) electrons. The van der Waals surface area contributed by atoms with Crippen LogP contribution in [0.1, 0.15) is 11.3 Å². The summed E-state index contributed by atoms with van der Waals surface area (Å²) in [7, 11) is -4.18. The number of benzene rings is 4. The van der Waals surface area contributed by atoms with Gasteiger partial charge < -0.3 is 14.4 Å². The Kier molecular flexibility index (Phi) is 7.24. The summed E-state index contributed by atoms with van der Waals surface area (Å²) in [6, 6.07) is 28.5. The molecule has 0 amide bonds. The summed E-state index contributed by atoms with van der Waals surface area (Å²) < 4.78 is 41.5. The third-order valence-electron chi connectivity index (χ3n) is 4.68. The topological polar surface area (TPSA) is 47.6 Å². The molecule has 168 valence electrons. The van der Waals surface area contributed by atoms with E-state index in [0.717, 1.165) is 6.07 Å². The standard InChI is InChI=1S/C25H19Cl2FNO3P/c26-22-16-21(24(28)17-23(22)27)25(29-18-10-4-1-5-11-18)33(30,31-19-12-6-2-7-13-19)32-20-14-8-3-9-15-20/h1-17,25,29H. The first kappa shape index (κ1) is 23.2. The molecule has 1 N–H and O–H groups in total. The van der Waals surface area contributed by atoms with Crippen LogP contribution in [0.2, 0.25) is 10.0 Å². The molecule has 4 aromatic carbocycles. The number of para-hydroxylation sites is 3. The Balaban J connectivity index is 1.86. The van der Waals surface area contributed by atoms with Crippen LogP contribution in [0.5, 0.6) is 11.5 Å². The molecule has 1 atom stereocenters. The van der Waals surface area contributed by atoms with E-state index in [1.807, 2.05) is 6.07 Å². The van der Waals surface area contributed by atoms with Crippen LogP contribution in [-0.4, -0.2) is 0 Å². The molecule has 4 rings (SSSR count). The summed E-state index contributed by atoms with van der Waals surface area (Å²) >= 11 is 12.2. The maximum atomic E-state index is 15.2. The summed E-state index contributed by atoms with van der Waals surface area (Å²) in [5, 5.41) is 3.26. The molecule has 0 spiro atoms. The zero-order valence-corrected chi connectivity index (χ0v) is 19.6. The Labute approximate surface area is 201 Å². The van der Waals surface area contributed by atoms with Crippen LogP contribution in [0.4, 0.5) is 10.1 Å². The smallest absolute Gasteiger partial charge is 0.414 e. The van der Waals surface area contributed by atoms with Gasteiger partial charge >= 0.3 is 7.60 Å². The second-order valence-electron chi connectivity index (χ2n) is 7.05. The summed E-state index contributed by atoms with van der Waals surface area (Å²) in [4.78, 5) is 0. The monoisotopic (exact) mass is 501 g/mol. The molecule has 0 bridgehead atoms. The van der Waals surface area contributed by atoms with Crippen molar-refractivity contribution in [1.82, 2.24) is 0 Å². The molecule has 0 saturated carbocycles. The van der Waals surface area contributed by atoms with Crippen molar-refractivity contribution in [3.8, 4) is 11.5 Å². The fraction of sp³-hybridized carbons (Fsp3) is 0.0400. The van der Waals surface area contributed by atoms with Crippen LogP contribution < -0.4 is 14.4 Å². The SMILES string of the molecule is O=P(Oc1ccccc1)(Oc1ccccc1)C(Nc1ccccc1)c1cc(Cl)c(Cl)cc1F. The summed E-state index contributed by atoms with van der Waals surface area (Å²) in [6.45, 7) is 0. The van der Waals surface area contributed by atoms with Crippen molar-refractivity contribution in [2.24, 2.45) is 0 Å². The van der Waals surface area contributed by atoms with E-state index in [4.69, 9.17) is 32.2 Å². The van der Waals surface area contributed by atoms with Gasteiger partial charge in [-0.15, -0.1) is 0 Å². The minimum atomic E-state index is -4.18. The molecule has 0 saturated heterocycles. The second kappa shape index (κ2) is 10.3. The molecule has 0 fully saturated rings. The molecule has 4 nitrogen and oxygen atoms in total. The molecule has 4 aromatic rings. The molecule has 8 heteroatoms. The molecule has 0 heterocycles. The third-order valence-corrected chi connectivity index (χ3v) is 7.37. The maximum Gasteiger partial charge on any atom is 0.457 e. The lowest BCUT2D eigenvalue weighted by atomic mass is 10.2. The van der Waals surface area contributed by atoms with Crippen molar-refractivity contribution in [1.29, 1.82) is 0 Å². The molecule has 0 aromatic heterocycles. The Morgan fingerprint density at radius 1 is 0.727 bits per heavy atom. The van der Waals surface area contributed by atoms with Crippen molar-refractivity contribution in [3.63, 3.8) is 0 Å². The number of nitrogens with one attached hydrogen (secondary N) is 1. The lowest BCUT2D eigenvalue weighted by Gasteiger charge is -2.29. The molecule has 0 aliphatic heterocycles. The van der Waals surface area contributed by atoms with Gasteiger partial charge in [0.05, 0.1) is 10.0 Å². The Bertz CT molecular complexity index is 1220. The zero-order chi connectivity index (χ0) is 23.3. The highest BCUT2D eigenvalue weighted by Crippen LogP contribution is 2.60. The van der Waals surface area contributed by atoms with Crippen LogP contribution in [0, 0.1) is 5.82 Å². The van der Waals surface area contributed by atoms with Crippen molar-refractivity contribution in [2.45, 2.75) is 5.78 Å². The van der Waals surface area contributed by atoms with Gasteiger partial charge in [0.15, 0.2) is 5.78 Å². The number of rotatable bonds is 8. The second-order valence-corrected chi connectivity index (χ2v) is 9.82. The van der Waals surface area contributed by atoms with Crippen LogP contribution in [0.15, 0.2) is 103 Å². The van der Waals surface area contributed by atoms with Gasteiger partial charge in [0.2, 0.25) is 0 Å². The largest absolute Gasteiger partial charge is 0.457 e. The first-order valence-electron chi connectivity index (χ1n) is 10.00. The van der Waals surface area contributed by atoms with E-state index in [0.29, 0.717) is 17.2 Å². The Morgan fingerprint density at radius 2 is 1.18 bits per heavy atom. The summed E-state index contributed by atoms with van der Waals surface area (Å²) in [6.07, 6.45) is 0. The fourth-order valence-electron chi connectivity index (χ4n) is 3.15. The van der Waals surface area contributed by atoms with Gasteiger partial charge in [0.1, 0.15) is 17.3 Å². The van der Waals surface area contributed by atoms with Crippen molar-refractivity contribution >= 4 is 36.5 Å². The van der Waals surface area contributed by atoms with Crippen molar-refractivity contribution in [3.05, 3.63) is 125 Å². The fourth-order valence-corrected chi connectivity index (χ4v) is 5.39. The first-order valence-corrected chi connectivity index (χ1v) is 12.4. The highest BCUT2D eigenvalue weighted by atomic mass is 35.5. The molecule has 0 aliphatic carbocycles. The van der Waals surface area contributed by atoms with E-state index in [-0.39, 0.29) is 15.6 Å². The van der Waals surface area contributed by atoms with E-state index in [2.05, 4.69) is 5.32 Å². The quantitative estimate of drug-likeness (QED) is 0.194. The number of hydrogen-bond donors (Lipinski definition) is 1. The number of halogens is 3. The lowest BCUT2D eigenvalue weighted by molar-refractivity contribution is 0.375. The predicted molar refractivity (Wildman–Crippen MR) is 131 cm³/mol. The summed E-state index contributed by atoms with van der Waals surface area (Å²) in [5.41, 5.74) is 0.574. The highest BCUT2D eigenvalue weighted by molar-refractivity contribution is 7.55. The molecule has 33 heavy (non-hydrogen) atoms. The number of anilines is 1. The van der Waals surface area contributed by atoms with Gasteiger partial charge in [-0.25, -0.2) is 8.96 Å². The number of hydrogen-bond acceptors (Lipinski definition) is 4. The third kappa shape index (κ3) is 5.69. The van der Waals surface area contributed by atoms with Gasteiger partial charge in [-0.3, -0.25) is 0 Å². The Hall–Kier alpha value is -2.98. The maximum absolute atomic E-state index is 15.2.